The smallest absolute Gasteiger partial charge is 0.223 e. The molecular formula is C26H32N2O3. The van der Waals surface area contributed by atoms with E-state index in [1.165, 1.54) is 22.3 Å². The van der Waals surface area contributed by atoms with Gasteiger partial charge in [-0.05, 0) is 72.9 Å². The predicted molar refractivity (Wildman–Crippen MR) is 121 cm³/mol. The van der Waals surface area contributed by atoms with Crippen molar-refractivity contribution in [1.29, 1.82) is 0 Å². The van der Waals surface area contributed by atoms with E-state index in [-0.39, 0.29) is 17.9 Å². The maximum Gasteiger partial charge on any atom is 0.223 e. The highest BCUT2D eigenvalue weighted by molar-refractivity contribution is 5.79. The van der Waals surface area contributed by atoms with Crippen molar-refractivity contribution in [3.8, 4) is 11.5 Å². The molecule has 0 radical (unpaired) electrons. The number of piperidine rings is 1. The van der Waals surface area contributed by atoms with E-state index in [0.29, 0.717) is 6.04 Å². The Labute approximate surface area is 184 Å². The van der Waals surface area contributed by atoms with Gasteiger partial charge in [-0.25, -0.2) is 0 Å². The van der Waals surface area contributed by atoms with Crippen molar-refractivity contribution in [2.45, 2.75) is 57.2 Å². The maximum absolute atomic E-state index is 13.0. The van der Waals surface area contributed by atoms with Crippen molar-refractivity contribution in [3.05, 3.63) is 58.7 Å². The lowest BCUT2D eigenvalue weighted by atomic mass is 9.82. The molecule has 0 bridgehead atoms. The van der Waals surface area contributed by atoms with Gasteiger partial charge in [-0.2, -0.15) is 0 Å². The number of benzene rings is 2. The third kappa shape index (κ3) is 4.03. The van der Waals surface area contributed by atoms with Crippen LogP contribution in [0.15, 0.2) is 36.4 Å². The molecule has 1 saturated heterocycles. The highest BCUT2D eigenvalue weighted by atomic mass is 16.5. The summed E-state index contributed by atoms with van der Waals surface area (Å²) in [5.41, 5.74) is 5.43. The summed E-state index contributed by atoms with van der Waals surface area (Å²) in [4.78, 5) is 15.6. The minimum absolute atomic E-state index is 0.108. The van der Waals surface area contributed by atoms with Crippen molar-refractivity contribution in [3.63, 3.8) is 0 Å². The van der Waals surface area contributed by atoms with Crippen LogP contribution in [0, 0.1) is 5.92 Å². The number of carbonyl (C=O) groups excluding carboxylic acids is 1. The van der Waals surface area contributed by atoms with Gasteiger partial charge in [0.25, 0.3) is 0 Å². The number of aryl methyl sites for hydroxylation is 1. The molecule has 2 aliphatic heterocycles. The molecule has 2 aromatic rings. The first-order chi connectivity index (χ1) is 15.1. The lowest BCUT2D eigenvalue weighted by molar-refractivity contribution is -0.126. The van der Waals surface area contributed by atoms with Gasteiger partial charge in [-0.15, -0.1) is 0 Å². The molecule has 3 aliphatic rings. The number of ether oxygens (including phenoxy) is 2. The van der Waals surface area contributed by atoms with E-state index in [0.717, 1.165) is 63.1 Å². The topological polar surface area (TPSA) is 50.8 Å². The van der Waals surface area contributed by atoms with Crippen molar-refractivity contribution >= 4 is 5.91 Å². The minimum Gasteiger partial charge on any atom is -0.493 e. The lowest BCUT2D eigenvalue weighted by Gasteiger charge is -2.43. The Hall–Kier alpha value is -2.53. The number of hydrogen-bond donors (Lipinski definition) is 1. The second kappa shape index (κ2) is 8.54. The molecule has 0 spiro atoms. The average molecular weight is 421 g/mol. The van der Waals surface area contributed by atoms with Crippen molar-refractivity contribution in [2.75, 3.05) is 20.8 Å². The summed E-state index contributed by atoms with van der Waals surface area (Å²) in [7, 11) is 3.38. The number of hydrogen-bond acceptors (Lipinski definition) is 4. The first kappa shape index (κ1) is 20.4. The van der Waals surface area contributed by atoms with Gasteiger partial charge in [-0.1, -0.05) is 24.3 Å². The minimum atomic E-state index is 0.108. The first-order valence-electron chi connectivity index (χ1n) is 11.5. The molecule has 5 nitrogen and oxygen atoms in total. The zero-order valence-corrected chi connectivity index (χ0v) is 18.5. The third-order valence-corrected chi connectivity index (χ3v) is 7.44. The fourth-order valence-corrected chi connectivity index (χ4v) is 5.66. The zero-order valence-electron chi connectivity index (χ0n) is 18.5. The summed E-state index contributed by atoms with van der Waals surface area (Å²) in [6.07, 6.45) is 5.88. The molecule has 164 valence electrons. The number of methoxy groups -OCH3 is 2. The Morgan fingerprint density at radius 2 is 1.71 bits per heavy atom. The summed E-state index contributed by atoms with van der Waals surface area (Å²) in [5.74, 6) is 1.95. The Morgan fingerprint density at radius 1 is 0.968 bits per heavy atom. The Morgan fingerprint density at radius 3 is 2.48 bits per heavy atom. The van der Waals surface area contributed by atoms with E-state index in [1.54, 1.807) is 14.2 Å². The van der Waals surface area contributed by atoms with Crippen LogP contribution in [-0.4, -0.2) is 43.7 Å². The Bertz CT molecular complexity index is 973. The molecule has 0 aromatic heterocycles. The molecule has 5 rings (SSSR count). The van der Waals surface area contributed by atoms with E-state index in [2.05, 4.69) is 46.6 Å². The molecule has 2 aromatic carbocycles. The van der Waals surface area contributed by atoms with E-state index >= 15 is 0 Å². The predicted octanol–water partition coefficient (Wildman–Crippen LogP) is 3.51. The molecule has 1 amide bonds. The zero-order chi connectivity index (χ0) is 21.4. The van der Waals surface area contributed by atoms with E-state index < -0.39 is 0 Å². The highest BCUT2D eigenvalue weighted by Crippen LogP contribution is 2.37. The van der Waals surface area contributed by atoms with Gasteiger partial charge in [0.15, 0.2) is 11.5 Å². The van der Waals surface area contributed by atoms with Crippen LogP contribution in [0.4, 0.5) is 0 Å². The number of nitrogens with one attached hydrogen (secondary N) is 1. The van der Waals surface area contributed by atoms with Gasteiger partial charge in [0.1, 0.15) is 0 Å². The van der Waals surface area contributed by atoms with E-state index in [9.17, 15) is 4.79 Å². The molecule has 3 atom stereocenters. The quantitative estimate of drug-likeness (QED) is 0.822. The van der Waals surface area contributed by atoms with Crippen LogP contribution in [0.25, 0.3) is 0 Å². The summed E-state index contributed by atoms with van der Waals surface area (Å²) < 4.78 is 11.0. The second-order valence-electron chi connectivity index (χ2n) is 9.24. The van der Waals surface area contributed by atoms with Gasteiger partial charge >= 0.3 is 0 Å². The highest BCUT2D eigenvalue weighted by Gasteiger charge is 2.35. The van der Waals surface area contributed by atoms with Crippen LogP contribution >= 0.6 is 0 Å². The molecule has 2 heterocycles. The number of carbonyl (C=O) groups is 1. The lowest BCUT2D eigenvalue weighted by Crippen LogP contribution is -2.53. The Kier molecular flexibility index (Phi) is 5.61. The molecule has 31 heavy (non-hydrogen) atoms. The van der Waals surface area contributed by atoms with Gasteiger partial charge in [0, 0.05) is 31.1 Å². The third-order valence-electron chi connectivity index (χ3n) is 7.44. The van der Waals surface area contributed by atoms with Crippen LogP contribution in [0.5, 0.6) is 11.5 Å². The number of fused-ring (bicyclic) bond motifs is 3. The van der Waals surface area contributed by atoms with E-state index in [1.807, 2.05) is 0 Å². The molecule has 5 heteroatoms. The average Bonchev–Trinajstić information content (AvgIpc) is 2.81. The molecule has 1 unspecified atom stereocenters. The largest absolute Gasteiger partial charge is 0.493 e. The summed E-state index contributed by atoms with van der Waals surface area (Å²) >= 11 is 0. The van der Waals surface area contributed by atoms with Gasteiger partial charge in [-0.3, -0.25) is 9.69 Å². The fraction of sp³-hybridized carbons (Fsp3) is 0.500. The van der Waals surface area contributed by atoms with Crippen LogP contribution in [0.3, 0.4) is 0 Å². The number of amides is 1. The SMILES string of the molecule is COc1cc2c(cc1OC)CN1CC[C@H](NC(=O)C3CCc4ccccc4C3)C[C@@H]1C2. The van der Waals surface area contributed by atoms with Crippen molar-refractivity contribution in [1.82, 2.24) is 10.2 Å². The first-order valence-corrected chi connectivity index (χ1v) is 11.5. The van der Waals surface area contributed by atoms with Crippen molar-refractivity contribution < 1.29 is 14.3 Å². The van der Waals surface area contributed by atoms with E-state index in [4.69, 9.17) is 9.47 Å². The van der Waals surface area contributed by atoms with Crippen LogP contribution in [0.2, 0.25) is 0 Å². The molecular weight excluding hydrogens is 388 g/mol. The van der Waals surface area contributed by atoms with Crippen LogP contribution in [0.1, 0.15) is 41.5 Å². The monoisotopic (exact) mass is 420 g/mol. The van der Waals surface area contributed by atoms with Crippen molar-refractivity contribution in [2.24, 2.45) is 5.92 Å². The van der Waals surface area contributed by atoms with Gasteiger partial charge < -0.3 is 14.8 Å². The normalized spacial score (nSPS) is 25.0. The summed E-state index contributed by atoms with van der Waals surface area (Å²) in [5, 5.41) is 3.41. The number of rotatable bonds is 4. The maximum atomic E-state index is 13.0. The fourth-order valence-electron chi connectivity index (χ4n) is 5.66. The second-order valence-corrected chi connectivity index (χ2v) is 9.24. The Balaban J connectivity index is 1.23. The molecule has 1 N–H and O–H groups in total. The standard InChI is InChI=1S/C26H32N2O3/c1-30-24-13-20-12-23-15-22(9-10-28(23)16-21(20)14-25(24)31-2)27-26(29)19-8-7-17-5-3-4-6-18(17)11-19/h3-6,13-14,19,22-23H,7-12,15-16H2,1-2H3,(H,27,29)/t19?,22-,23-/m0/s1. The van der Waals surface area contributed by atoms with Crippen LogP contribution in [-0.2, 0) is 30.6 Å². The summed E-state index contributed by atoms with van der Waals surface area (Å²) in [6.45, 7) is 1.97. The van der Waals surface area contributed by atoms with Gasteiger partial charge in [0.05, 0.1) is 14.2 Å². The van der Waals surface area contributed by atoms with Crippen LogP contribution < -0.4 is 14.8 Å². The summed E-state index contributed by atoms with van der Waals surface area (Å²) in [6, 6.07) is 13.6. The number of nitrogens with zero attached hydrogens (tertiary/aromatic N) is 1. The molecule has 1 fully saturated rings. The molecule has 0 saturated carbocycles. The molecule has 1 aliphatic carbocycles. The van der Waals surface area contributed by atoms with Gasteiger partial charge in [0.2, 0.25) is 5.91 Å².